The van der Waals surface area contributed by atoms with Crippen molar-refractivity contribution in [3.05, 3.63) is 52.8 Å². The minimum Gasteiger partial charge on any atom is -0.373 e. The number of nitrogens with zero attached hydrogens (tertiary/aromatic N) is 4. The first-order valence-electron chi connectivity index (χ1n) is 11.0. The van der Waals surface area contributed by atoms with E-state index in [0.29, 0.717) is 11.8 Å². The Bertz CT molecular complexity index is 846. The van der Waals surface area contributed by atoms with Gasteiger partial charge in [-0.1, -0.05) is 43.7 Å². The maximum atomic E-state index is 6.18. The molecule has 2 unspecified atom stereocenters. The Kier molecular flexibility index (Phi) is 9.81. The number of rotatable bonds is 6. The first-order chi connectivity index (χ1) is 14.4. The maximum absolute atomic E-state index is 6.18. The number of ether oxygens (including phenoxy) is 1. The number of benzene rings is 1. The molecule has 31 heavy (non-hydrogen) atoms. The van der Waals surface area contributed by atoms with Crippen LogP contribution in [0.15, 0.2) is 35.5 Å². The lowest BCUT2D eigenvalue weighted by atomic mass is 9.89. The van der Waals surface area contributed by atoms with Gasteiger partial charge in [0.1, 0.15) is 0 Å². The van der Waals surface area contributed by atoms with Crippen LogP contribution in [0.1, 0.15) is 61.1 Å². The van der Waals surface area contributed by atoms with Gasteiger partial charge in [0, 0.05) is 58.5 Å². The first kappa shape index (κ1) is 25.6. The highest BCUT2D eigenvalue weighted by atomic mass is 127. The number of aliphatic imine (C=N–C) groups is 1. The predicted octanol–water partition coefficient (Wildman–Crippen LogP) is 4.65. The Balaban J connectivity index is 0.00000341. The summed E-state index contributed by atoms with van der Waals surface area (Å²) in [5, 5.41) is 8.23. The normalized spacial score (nSPS) is 19.3. The molecule has 3 rings (SSSR count). The average Bonchev–Trinajstić information content (AvgIpc) is 3.10. The molecule has 2 heterocycles. The fourth-order valence-corrected chi connectivity index (χ4v) is 4.28. The van der Waals surface area contributed by atoms with Crippen LogP contribution in [0.5, 0.6) is 0 Å². The number of guanidine groups is 1. The van der Waals surface area contributed by atoms with Crippen molar-refractivity contribution < 1.29 is 4.74 Å². The molecule has 0 radical (unpaired) electrons. The molecule has 1 aromatic carbocycles. The summed E-state index contributed by atoms with van der Waals surface area (Å²) in [5.41, 5.74) is 4.95. The molecule has 1 aromatic heterocycles. The number of nitrogens with one attached hydrogen (secondary N) is 1. The molecule has 1 aliphatic rings. The van der Waals surface area contributed by atoms with Gasteiger partial charge in [0.25, 0.3) is 0 Å². The van der Waals surface area contributed by atoms with E-state index in [4.69, 9.17) is 4.74 Å². The molecular weight excluding hydrogens is 501 g/mol. The number of hydrogen-bond donors (Lipinski definition) is 1. The van der Waals surface area contributed by atoms with E-state index in [2.05, 4.69) is 78.6 Å². The van der Waals surface area contributed by atoms with Gasteiger partial charge in [-0.05, 0) is 31.2 Å². The molecule has 0 amide bonds. The largest absolute Gasteiger partial charge is 0.373 e. The molecule has 7 heteroatoms. The molecule has 0 spiro atoms. The Labute approximate surface area is 204 Å². The fourth-order valence-electron chi connectivity index (χ4n) is 4.28. The summed E-state index contributed by atoms with van der Waals surface area (Å²) in [6.07, 6.45) is 4.52. The summed E-state index contributed by atoms with van der Waals surface area (Å²) < 4.78 is 8.08. The molecule has 1 fully saturated rings. The second kappa shape index (κ2) is 11.9. The van der Waals surface area contributed by atoms with Crippen molar-refractivity contribution in [3.8, 4) is 0 Å². The van der Waals surface area contributed by atoms with Crippen LogP contribution < -0.4 is 5.32 Å². The van der Waals surface area contributed by atoms with Crippen molar-refractivity contribution in [1.82, 2.24) is 20.0 Å². The SMILES string of the molecule is CN=C(NCC1CCCOC1c1ccc(C)cc1)N(C)Cc1cn(C)nc1C(C)C.I. The van der Waals surface area contributed by atoms with E-state index in [1.165, 1.54) is 16.7 Å². The van der Waals surface area contributed by atoms with Crippen LogP contribution in [0.2, 0.25) is 0 Å². The van der Waals surface area contributed by atoms with E-state index in [0.717, 1.165) is 44.2 Å². The quantitative estimate of drug-likeness (QED) is 0.330. The summed E-state index contributed by atoms with van der Waals surface area (Å²) >= 11 is 0. The van der Waals surface area contributed by atoms with Crippen molar-refractivity contribution in [1.29, 1.82) is 0 Å². The molecule has 1 N–H and O–H groups in total. The van der Waals surface area contributed by atoms with E-state index in [-0.39, 0.29) is 30.1 Å². The van der Waals surface area contributed by atoms with E-state index in [9.17, 15) is 0 Å². The number of aryl methyl sites for hydroxylation is 2. The number of aromatic nitrogens is 2. The maximum Gasteiger partial charge on any atom is 0.193 e. The van der Waals surface area contributed by atoms with Crippen LogP contribution in [-0.2, 0) is 18.3 Å². The lowest BCUT2D eigenvalue weighted by Crippen LogP contribution is -2.42. The van der Waals surface area contributed by atoms with Gasteiger partial charge in [-0.3, -0.25) is 9.67 Å². The summed E-state index contributed by atoms with van der Waals surface area (Å²) in [5.74, 6) is 1.73. The molecule has 172 valence electrons. The standard InChI is InChI=1S/C24H37N5O.HI/c1-17(2)22-21(16-29(6)27-22)15-28(5)24(25-4)26-14-20-8-7-13-30-23(20)19-11-9-18(3)10-12-19;/h9-12,16-17,20,23H,7-8,13-15H2,1-6H3,(H,25,26);1H. The van der Waals surface area contributed by atoms with Crippen LogP contribution in [0.25, 0.3) is 0 Å². The third-order valence-electron chi connectivity index (χ3n) is 5.84. The zero-order chi connectivity index (χ0) is 21.7. The van der Waals surface area contributed by atoms with Crippen LogP contribution >= 0.6 is 24.0 Å². The van der Waals surface area contributed by atoms with E-state index in [1.807, 2.05) is 18.8 Å². The summed E-state index contributed by atoms with van der Waals surface area (Å²) in [4.78, 5) is 6.70. The monoisotopic (exact) mass is 539 g/mol. The minimum absolute atomic E-state index is 0. The molecule has 0 aliphatic carbocycles. The highest BCUT2D eigenvalue weighted by molar-refractivity contribution is 14.0. The van der Waals surface area contributed by atoms with Crippen molar-refractivity contribution in [2.24, 2.45) is 18.0 Å². The zero-order valence-electron chi connectivity index (χ0n) is 19.8. The van der Waals surface area contributed by atoms with Crippen LogP contribution in [0.3, 0.4) is 0 Å². The second-order valence-corrected chi connectivity index (χ2v) is 8.76. The summed E-state index contributed by atoms with van der Waals surface area (Å²) in [6, 6.07) is 8.75. The minimum atomic E-state index is 0. The molecule has 1 aliphatic heterocycles. The van der Waals surface area contributed by atoms with Gasteiger partial charge in [0.15, 0.2) is 5.96 Å². The average molecular weight is 540 g/mol. The number of halogens is 1. The number of hydrogen-bond acceptors (Lipinski definition) is 3. The topological polar surface area (TPSA) is 54.7 Å². The molecule has 2 aromatic rings. The van der Waals surface area contributed by atoms with Gasteiger partial charge in [0.2, 0.25) is 0 Å². The van der Waals surface area contributed by atoms with Crippen molar-refractivity contribution in [2.45, 2.75) is 52.2 Å². The van der Waals surface area contributed by atoms with Gasteiger partial charge >= 0.3 is 0 Å². The van der Waals surface area contributed by atoms with Gasteiger partial charge < -0.3 is 15.0 Å². The van der Waals surface area contributed by atoms with E-state index < -0.39 is 0 Å². The highest BCUT2D eigenvalue weighted by Gasteiger charge is 2.28. The van der Waals surface area contributed by atoms with Gasteiger partial charge in [0.05, 0.1) is 11.8 Å². The molecule has 6 nitrogen and oxygen atoms in total. The Hall–Kier alpha value is -1.61. The molecule has 0 saturated carbocycles. The van der Waals surface area contributed by atoms with Crippen molar-refractivity contribution >= 4 is 29.9 Å². The third kappa shape index (κ3) is 6.68. The summed E-state index contributed by atoms with van der Waals surface area (Å²) in [7, 11) is 5.91. The molecule has 2 atom stereocenters. The lowest BCUT2D eigenvalue weighted by Gasteiger charge is -2.33. The fraction of sp³-hybridized carbons (Fsp3) is 0.583. The molecular formula is C24H38IN5O. The van der Waals surface area contributed by atoms with Gasteiger partial charge in [-0.25, -0.2) is 0 Å². The Morgan fingerprint density at radius 2 is 2.03 bits per heavy atom. The third-order valence-corrected chi connectivity index (χ3v) is 5.84. The summed E-state index contributed by atoms with van der Waals surface area (Å²) in [6.45, 7) is 8.96. The smallest absolute Gasteiger partial charge is 0.193 e. The molecule has 1 saturated heterocycles. The Morgan fingerprint density at radius 1 is 1.32 bits per heavy atom. The Morgan fingerprint density at radius 3 is 2.68 bits per heavy atom. The lowest BCUT2D eigenvalue weighted by molar-refractivity contribution is -0.0266. The predicted molar refractivity (Wildman–Crippen MR) is 138 cm³/mol. The molecule has 0 bridgehead atoms. The van der Waals surface area contributed by atoms with Gasteiger partial charge in [-0.2, -0.15) is 5.10 Å². The highest BCUT2D eigenvalue weighted by Crippen LogP contribution is 2.33. The van der Waals surface area contributed by atoms with Crippen LogP contribution in [0, 0.1) is 12.8 Å². The van der Waals surface area contributed by atoms with Crippen molar-refractivity contribution in [2.75, 3.05) is 27.2 Å². The zero-order valence-corrected chi connectivity index (χ0v) is 22.1. The first-order valence-corrected chi connectivity index (χ1v) is 11.0. The van der Waals surface area contributed by atoms with E-state index in [1.54, 1.807) is 0 Å². The van der Waals surface area contributed by atoms with Crippen LogP contribution in [0.4, 0.5) is 0 Å². The van der Waals surface area contributed by atoms with Crippen molar-refractivity contribution in [3.63, 3.8) is 0 Å². The van der Waals surface area contributed by atoms with E-state index >= 15 is 0 Å². The van der Waals surface area contributed by atoms with Gasteiger partial charge in [-0.15, -0.1) is 24.0 Å². The second-order valence-electron chi connectivity index (χ2n) is 8.76. The van der Waals surface area contributed by atoms with Crippen LogP contribution in [-0.4, -0.2) is 47.9 Å².